The van der Waals surface area contributed by atoms with Crippen molar-refractivity contribution in [1.82, 2.24) is 0 Å². The first-order valence-corrected chi connectivity index (χ1v) is 7.19. The summed E-state index contributed by atoms with van der Waals surface area (Å²) < 4.78 is 0. The Morgan fingerprint density at radius 2 is 1.64 bits per heavy atom. The van der Waals surface area contributed by atoms with Crippen LogP contribution in [0, 0.1) is 5.92 Å². The lowest BCUT2D eigenvalue weighted by molar-refractivity contribution is -0.117. The molecule has 1 fully saturated rings. The van der Waals surface area contributed by atoms with Crippen LogP contribution in [0.4, 0.5) is 17.1 Å². The van der Waals surface area contributed by atoms with Gasteiger partial charge in [0.25, 0.3) is 5.91 Å². The smallest absolute Gasteiger partial charge is 0.255 e. The Hall–Kier alpha value is -2.82. The van der Waals surface area contributed by atoms with Crippen LogP contribution in [0.25, 0.3) is 0 Å². The van der Waals surface area contributed by atoms with Crippen molar-refractivity contribution in [1.29, 1.82) is 0 Å². The van der Waals surface area contributed by atoms with E-state index >= 15 is 0 Å². The zero-order valence-electron chi connectivity index (χ0n) is 12.0. The molecule has 22 heavy (non-hydrogen) atoms. The zero-order valence-corrected chi connectivity index (χ0v) is 12.0. The predicted octanol–water partition coefficient (Wildman–Crippen LogP) is 2.87. The highest BCUT2D eigenvalue weighted by molar-refractivity contribution is 6.05. The molecule has 0 atom stereocenters. The summed E-state index contributed by atoms with van der Waals surface area (Å²) in [6.45, 7) is 0. The third kappa shape index (κ3) is 3.44. The molecule has 0 bridgehead atoms. The summed E-state index contributed by atoms with van der Waals surface area (Å²) in [5.74, 6) is -0.0529. The lowest BCUT2D eigenvalue weighted by atomic mass is 10.2. The van der Waals surface area contributed by atoms with E-state index in [0.29, 0.717) is 22.6 Å². The van der Waals surface area contributed by atoms with Gasteiger partial charge >= 0.3 is 0 Å². The summed E-state index contributed by atoms with van der Waals surface area (Å²) in [6.07, 6.45) is 1.91. The van der Waals surface area contributed by atoms with Crippen molar-refractivity contribution < 1.29 is 9.59 Å². The van der Waals surface area contributed by atoms with Gasteiger partial charge in [-0.1, -0.05) is 12.1 Å². The standard InChI is InChI=1S/C17H17N3O2/c18-13-4-1-3-12(9-13)17(22)20-15-6-2-5-14(10-15)19-16(21)11-7-8-11/h1-6,9-11H,7-8,18H2,(H,19,21)(H,20,22). The van der Waals surface area contributed by atoms with Gasteiger partial charge in [0.2, 0.25) is 5.91 Å². The maximum Gasteiger partial charge on any atom is 0.255 e. The van der Waals surface area contributed by atoms with E-state index in [-0.39, 0.29) is 17.7 Å². The molecule has 0 aliphatic heterocycles. The minimum Gasteiger partial charge on any atom is -0.399 e. The summed E-state index contributed by atoms with van der Waals surface area (Å²) in [5, 5.41) is 5.65. The van der Waals surface area contributed by atoms with Crippen LogP contribution >= 0.6 is 0 Å². The van der Waals surface area contributed by atoms with Crippen LogP contribution < -0.4 is 16.4 Å². The van der Waals surface area contributed by atoms with E-state index in [4.69, 9.17) is 5.73 Å². The second-order valence-electron chi connectivity index (χ2n) is 5.42. The molecule has 0 saturated heterocycles. The molecule has 0 aromatic heterocycles. The van der Waals surface area contributed by atoms with Crippen molar-refractivity contribution in [2.75, 3.05) is 16.4 Å². The number of carbonyl (C=O) groups is 2. The molecule has 0 spiro atoms. The summed E-state index contributed by atoms with van der Waals surface area (Å²) >= 11 is 0. The lowest BCUT2D eigenvalue weighted by Crippen LogP contribution is -2.14. The Kier molecular flexibility index (Phi) is 3.78. The number of carbonyl (C=O) groups excluding carboxylic acids is 2. The second kappa shape index (κ2) is 5.89. The van der Waals surface area contributed by atoms with Crippen molar-refractivity contribution >= 4 is 28.9 Å². The number of nitrogen functional groups attached to an aromatic ring is 1. The van der Waals surface area contributed by atoms with E-state index in [1.165, 1.54) is 0 Å². The quantitative estimate of drug-likeness (QED) is 0.758. The SMILES string of the molecule is Nc1cccc(C(=O)Nc2cccc(NC(=O)C3CC3)c2)c1. The van der Waals surface area contributed by atoms with Gasteiger partial charge in [-0.3, -0.25) is 9.59 Å². The summed E-state index contributed by atoms with van der Waals surface area (Å²) in [4.78, 5) is 23.9. The van der Waals surface area contributed by atoms with Gasteiger partial charge in [0.15, 0.2) is 0 Å². The first-order chi connectivity index (χ1) is 10.6. The summed E-state index contributed by atoms with van der Waals surface area (Å²) in [6, 6.07) is 13.9. The molecule has 0 unspecified atom stereocenters. The van der Waals surface area contributed by atoms with Crippen LogP contribution in [0.1, 0.15) is 23.2 Å². The van der Waals surface area contributed by atoms with Crippen molar-refractivity contribution in [2.45, 2.75) is 12.8 Å². The van der Waals surface area contributed by atoms with Crippen LogP contribution in [-0.2, 0) is 4.79 Å². The Labute approximate surface area is 128 Å². The van der Waals surface area contributed by atoms with E-state index in [2.05, 4.69) is 10.6 Å². The number of nitrogens with two attached hydrogens (primary N) is 1. The molecular weight excluding hydrogens is 278 g/mol. The Morgan fingerprint density at radius 1 is 0.955 bits per heavy atom. The van der Waals surface area contributed by atoms with Gasteiger partial charge in [0, 0.05) is 28.5 Å². The van der Waals surface area contributed by atoms with E-state index in [0.717, 1.165) is 12.8 Å². The highest BCUT2D eigenvalue weighted by Crippen LogP contribution is 2.30. The third-order valence-electron chi connectivity index (χ3n) is 3.48. The fraction of sp³-hybridized carbons (Fsp3) is 0.176. The zero-order chi connectivity index (χ0) is 15.5. The number of hydrogen-bond donors (Lipinski definition) is 3. The fourth-order valence-electron chi connectivity index (χ4n) is 2.15. The normalized spacial score (nSPS) is 13.5. The van der Waals surface area contributed by atoms with Crippen molar-refractivity contribution in [3.8, 4) is 0 Å². The average Bonchev–Trinajstić information content (AvgIpc) is 3.32. The third-order valence-corrected chi connectivity index (χ3v) is 3.48. The van der Waals surface area contributed by atoms with Crippen molar-refractivity contribution in [3.05, 3.63) is 54.1 Å². The van der Waals surface area contributed by atoms with E-state index in [1.54, 1.807) is 48.5 Å². The van der Waals surface area contributed by atoms with Crippen LogP contribution in [0.2, 0.25) is 0 Å². The number of hydrogen-bond acceptors (Lipinski definition) is 3. The highest BCUT2D eigenvalue weighted by atomic mass is 16.2. The molecule has 2 aromatic carbocycles. The van der Waals surface area contributed by atoms with Gasteiger partial charge in [0.1, 0.15) is 0 Å². The van der Waals surface area contributed by atoms with Gasteiger partial charge in [-0.15, -0.1) is 0 Å². The van der Waals surface area contributed by atoms with Gasteiger partial charge < -0.3 is 16.4 Å². The summed E-state index contributed by atoms with van der Waals surface area (Å²) in [5.41, 5.74) is 8.02. The lowest BCUT2D eigenvalue weighted by Gasteiger charge is -2.09. The van der Waals surface area contributed by atoms with Gasteiger partial charge in [-0.25, -0.2) is 0 Å². The molecular formula is C17H17N3O2. The van der Waals surface area contributed by atoms with E-state index < -0.39 is 0 Å². The second-order valence-corrected chi connectivity index (χ2v) is 5.42. The Morgan fingerprint density at radius 3 is 2.32 bits per heavy atom. The largest absolute Gasteiger partial charge is 0.399 e. The Balaban J connectivity index is 1.69. The molecule has 5 nitrogen and oxygen atoms in total. The number of benzene rings is 2. The van der Waals surface area contributed by atoms with E-state index in [9.17, 15) is 9.59 Å². The molecule has 0 radical (unpaired) electrons. The predicted molar refractivity (Wildman–Crippen MR) is 86.6 cm³/mol. The van der Waals surface area contributed by atoms with Gasteiger partial charge in [0.05, 0.1) is 0 Å². The highest BCUT2D eigenvalue weighted by Gasteiger charge is 2.29. The molecule has 1 aliphatic carbocycles. The summed E-state index contributed by atoms with van der Waals surface area (Å²) in [7, 11) is 0. The van der Waals surface area contributed by atoms with Crippen molar-refractivity contribution in [3.63, 3.8) is 0 Å². The van der Waals surface area contributed by atoms with Crippen LogP contribution in [0.5, 0.6) is 0 Å². The molecule has 112 valence electrons. The van der Waals surface area contributed by atoms with Crippen LogP contribution in [-0.4, -0.2) is 11.8 Å². The molecule has 5 heteroatoms. The Bertz CT molecular complexity index is 723. The number of nitrogens with one attached hydrogen (secondary N) is 2. The minimum absolute atomic E-state index is 0.0410. The molecule has 4 N–H and O–H groups in total. The number of amides is 2. The van der Waals surface area contributed by atoms with Crippen LogP contribution in [0.15, 0.2) is 48.5 Å². The molecule has 2 amide bonds. The monoisotopic (exact) mass is 295 g/mol. The number of anilines is 3. The number of rotatable bonds is 4. The van der Waals surface area contributed by atoms with Crippen LogP contribution in [0.3, 0.4) is 0 Å². The topological polar surface area (TPSA) is 84.2 Å². The van der Waals surface area contributed by atoms with E-state index in [1.807, 2.05) is 0 Å². The maximum atomic E-state index is 12.2. The molecule has 1 aliphatic rings. The first kappa shape index (κ1) is 14.1. The average molecular weight is 295 g/mol. The molecule has 3 rings (SSSR count). The molecule has 1 saturated carbocycles. The van der Waals surface area contributed by atoms with Gasteiger partial charge in [-0.2, -0.15) is 0 Å². The minimum atomic E-state index is -0.238. The fourth-order valence-corrected chi connectivity index (χ4v) is 2.15. The van der Waals surface area contributed by atoms with Gasteiger partial charge in [-0.05, 0) is 49.2 Å². The molecule has 2 aromatic rings. The first-order valence-electron chi connectivity index (χ1n) is 7.19. The van der Waals surface area contributed by atoms with Crippen molar-refractivity contribution in [2.24, 2.45) is 5.92 Å². The maximum absolute atomic E-state index is 12.2. The molecule has 0 heterocycles.